The molecule has 6 heteroatoms. The minimum absolute atomic E-state index is 0.0668. The van der Waals surface area contributed by atoms with Gasteiger partial charge in [-0.05, 0) is 26.7 Å². The minimum Gasteiger partial charge on any atom is -0.228 e. The molecule has 0 bridgehead atoms. The van der Waals surface area contributed by atoms with Gasteiger partial charge in [0, 0.05) is 6.42 Å². The quantitative estimate of drug-likeness (QED) is 0.691. The van der Waals surface area contributed by atoms with Crippen LogP contribution in [-0.2, 0) is 9.84 Å². The first-order valence-corrected chi connectivity index (χ1v) is 7.07. The molecule has 0 saturated carbocycles. The summed E-state index contributed by atoms with van der Waals surface area (Å²) >= 11 is 16.9. The van der Waals surface area contributed by atoms with Crippen LogP contribution in [0.3, 0.4) is 0 Å². The first kappa shape index (κ1) is 12.9. The maximum atomic E-state index is 11.9. The van der Waals surface area contributed by atoms with Crippen molar-refractivity contribution in [2.45, 2.75) is 46.9 Å². The Morgan fingerprint density at radius 3 is 2.21 bits per heavy atom. The summed E-state index contributed by atoms with van der Waals surface area (Å²) in [5.41, 5.74) is 0. The average molecular weight is 280 g/mol. The lowest BCUT2D eigenvalue weighted by atomic mass is 10.0. The zero-order valence-electron chi connectivity index (χ0n) is 8.06. The van der Waals surface area contributed by atoms with Gasteiger partial charge in [-0.3, -0.25) is 0 Å². The van der Waals surface area contributed by atoms with Crippen LogP contribution < -0.4 is 0 Å². The molecule has 0 aromatic rings. The van der Waals surface area contributed by atoms with Crippen LogP contribution in [0, 0.1) is 0 Å². The van der Waals surface area contributed by atoms with Gasteiger partial charge in [0.25, 0.3) is 0 Å². The molecule has 14 heavy (non-hydrogen) atoms. The Bertz CT molecular complexity index is 320. The molecule has 1 rings (SSSR count). The van der Waals surface area contributed by atoms with Crippen molar-refractivity contribution in [3.05, 3.63) is 0 Å². The Morgan fingerprint density at radius 1 is 1.43 bits per heavy atom. The van der Waals surface area contributed by atoms with E-state index in [1.165, 1.54) is 0 Å². The van der Waals surface area contributed by atoms with Crippen LogP contribution in [0.5, 0.6) is 0 Å². The number of halogens is 3. The second-order valence-corrected chi connectivity index (χ2v) is 9.53. The molecule has 1 heterocycles. The molecule has 2 atom stereocenters. The van der Waals surface area contributed by atoms with E-state index in [4.69, 9.17) is 34.8 Å². The highest BCUT2D eigenvalue weighted by Gasteiger charge is 2.51. The molecule has 0 amide bonds. The van der Waals surface area contributed by atoms with E-state index in [-0.39, 0.29) is 11.7 Å². The maximum absolute atomic E-state index is 11.9. The Morgan fingerprint density at radius 2 is 1.93 bits per heavy atom. The van der Waals surface area contributed by atoms with Crippen molar-refractivity contribution < 1.29 is 8.42 Å². The van der Waals surface area contributed by atoms with Gasteiger partial charge in [0.1, 0.15) is 0 Å². The van der Waals surface area contributed by atoms with Gasteiger partial charge in [0.15, 0.2) is 13.6 Å². The van der Waals surface area contributed by atoms with Crippen LogP contribution in [0.2, 0.25) is 0 Å². The van der Waals surface area contributed by atoms with Crippen LogP contribution in [0.25, 0.3) is 0 Å². The zero-order valence-corrected chi connectivity index (χ0v) is 11.1. The van der Waals surface area contributed by atoms with E-state index in [0.29, 0.717) is 12.8 Å². The molecule has 84 valence electrons. The highest BCUT2D eigenvalue weighted by molar-refractivity contribution is 7.93. The van der Waals surface area contributed by atoms with Crippen LogP contribution in [0.15, 0.2) is 0 Å². The summed E-state index contributed by atoms with van der Waals surface area (Å²) in [4.78, 5) is 0. The third-order valence-electron chi connectivity index (χ3n) is 2.87. The molecule has 2 nitrogen and oxygen atoms in total. The third kappa shape index (κ3) is 2.31. The van der Waals surface area contributed by atoms with Gasteiger partial charge < -0.3 is 0 Å². The summed E-state index contributed by atoms with van der Waals surface area (Å²) < 4.78 is 21.5. The largest absolute Gasteiger partial charge is 0.228 e. The fraction of sp³-hybridized carbons (Fsp3) is 1.00. The molecule has 0 spiro atoms. The normalized spacial score (nSPS) is 37.4. The van der Waals surface area contributed by atoms with Crippen molar-refractivity contribution in [1.29, 1.82) is 0 Å². The number of hydrogen-bond donors (Lipinski definition) is 0. The van der Waals surface area contributed by atoms with Gasteiger partial charge in [-0.1, -0.05) is 34.8 Å². The number of sulfone groups is 1. The molecule has 1 aliphatic heterocycles. The van der Waals surface area contributed by atoms with E-state index in [2.05, 4.69) is 0 Å². The highest BCUT2D eigenvalue weighted by atomic mass is 35.6. The van der Waals surface area contributed by atoms with E-state index in [9.17, 15) is 8.42 Å². The number of rotatable bonds is 1. The second kappa shape index (κ2) is 3.69. The molecule has 1 saturated heterocycles. The predicted molar refractivity (Wildman–Crippen MR) is 60.9 cm³/mol. The Balaban J connectivity index is 2.98. The van der Waals surface area contributed by atoms with E-state index < -0.39 is 18.4 Å². The summed E-state index contributed by atoms with van der Waals surface area (Å²) in [6, 6.07) is 0. The number of hydrogen-bond acceptors (Lipinski definition) is 2. The van der Waals surface area contributed by atoms with Crippen LogP contribution in [-0.4, -0.2) is 22.2 Å². The molecule has 1 aliphatic rings. The lowest BCUT2D eigenvalue weighted by molar-refractivity contribution is 0.513. The molecule has 0 aromatic heterocycles. The van der Waals surface area contributed by atoms with E-state index in [1.54, 1.807) is 13.8 Å². The lowest BCUT2D eigenvalue weighted by Gasteiger charge is -2.27. The van der Waals surface area contributed by atoms with Gasteiger partial charge >= 0.3 is 0 Å². The Kier molecular flexibility index (Phi) is 3.39. The summed E-state index contributed by atoms with van der Waals surface area (Å²) in [7, 11) is -3.15. The van der Waals surface area contributed by atoms with Crippen molar-refractivity contribution in [1.82, 2.24) is 0 Å². The molecule has 1 fully saturated rings. The van der Waals surface area contributed by atoms with E-state index in [1.807, 2.05) is 0 Å². The van der Waals surface area contributed by atoms with Crippen LogP contribution in [0.1, 0.15) is 33.1 Å². The van der Waals surface area contributed by atoms with Crippen LogP contribution in [0.4, 0.5) is 0 Å². The topological polar surface area (TPSA) is 34.1 Å². The smallest absolute Gasteiger partial charge is 0.192 e. The predicted octanol–water partition coefficient (Wildman–Crippen LogP) is 3.10. The van der Waals surface area contributed by atoms with Gasteiger partial charge in [0.05, 0.1) is 10.00 Å². The van der Waals surface area contributed by atoms with Gasteiger partial charge in [-0.25, -0.2) is 8.42 Å². The van der Waals surface area contributed by atoms with Crippen molar-refractivity contribution >= 4 is 44.6 Å². The molecule has 0 N–H and O–H groups in total. The van der Waals surface area contributed by atoms with Gasteiger partial charge in [-0.15, -0.1) is 0 Å². The SMILES string of the molecule is CC1CCC(C)(CC(Cl)(Cl)Cl)S1(=O)=O. The summed E-state index contributed by atoms with van der Waals surface area (Å²) in [5, 5.41) is -0.320. The second-order valence-electron chi connectivity index (χ2n) is 4.14. The number of alkyl halides is 3. The summed E-state index contributed by atoms with van der Waals surface area (Å²) in [6.45, 7) is 3.37. The lowest BCUT2D eigenvalue weighted by Crippen LogP contribution is -2.37. The Labute approximate surface area is 99.8 Å². The molecule has 0 radical (unpaired) electrons. The first-order chi connectivity index (χ1) is 6.08. The maximum Gasteiger partial charge on any atom is 0.192 e. The monoisotopic (exact) mass is 278 g/mol. The molecule has 0 aliphatic carbocycles. The fourth-order valence-electron chi connectivity index (χ4n) is 1.90. The highest BCUT2D eigenvalue weighted by Crippen LogP contribution is 2.46. The van der Waals surface area contributed by atoms with Crippen molar-refractivity contribution in [3.63, 3.8) is 0 Å². The first-order valence-electron chi connectivity index (χ1n) is 4.39. The third-order valence-corrected chi connectivity index (χ3v) is 6.29. The van der Waals surface area contributed by atoms with Crippen molar-refractivity contribution in [3.8, 4) is 0 Å². The molecular formula is C8H13Cl3O2S. The zero-order chi connectivity index (χ0) is 11.2. The molecular weight excluding hydrogens is 267 g/mol. The Hall–Kier alpha value is 0.820. The molecule has 0 aromatic carbocycles. The van der Waals surface area contributed by atoms with E-state index in [0.717, 1.165) is 0 Å². The van der Waals surface area contributed by atoms with Gasteiger partial charge in [-0.2, -0.15) is 0 Å². The van der Waals surface area contributed by atoms with Crippen molar-refractivity contribution in [2.75, 3.05) is 0 Å². The van der Waals surface area contributed by atoms with E-state index >= 15 is 0 Å². The average Bonchev–Trinajstić information content (AvgIpc) is 2.11. The van der Waals surface area contributed by atoms with Crippen LogP contribution >= 0.6 is 34.8 Å². The fourth-order valence-corrected chi connectivity index (χ4v) is 5.25. The van der Waals surface area contributed by atoms with Gasteiger partial charge in [0.2, 0.25) is 0 Å². The summed E-state index contributed by atoms with van der Waals surface area (Å²) in [6.07, 6.45) is 1.29. The minimum atomic E-state index is -3.15. The summed E-state index contributed by atoms with van der Waals surface area (Å²) in [5.74, 6) is 0. The molecule has 2 unspecified atom stereocenters. The van der Waals surface area contributed by atoms with Crippen molar-refractivity contribution in [2.24, 2.45) is 0 Å². The standard InChI is InChI=1S/C8H13Cl3O2S/c1-6-3-4-7(2,14(6,12)13)5-8(9,10)11/h6H,3-5H2,1-2H3.